The van der Waals surface area contributed by atoms with E-state index in [4.69, 9.17) is 5.11 Å². The second-order valence-electron chi connectivity index (χ2n) is 4.78. The van der Waals surface area contributed by atoms with Crippen molar-refractivity contribution in [3.8, 4) is 0 Å². The summed E-state index contributed by atoms with van der Waals surface area (Å²) in [6.07, 6.45) is 8.06. The summed E-state index contributed by atoms with van der Waals surface area (Å²) in [6, 6.07) is 0. The topological polar surface area (TPSA) is 32.3 Å². The van der Waals surface area contributed by atoms with Crippen LogP contribution < -0.4 is 5.32 Å². The molecule has 1 saturated carbocycles. The molecule has 0 aromatic carbocycles. The van der Waals surface area contributed by atoms with Gasteiger partial charge in [0.1, 0.15) is 0 Å². The lowest BCUT2D eigenvalue weighted by atomic mass is 9.89. The predicted octanol–water partition coefficient (Wildman–Crippen LogP) is 2.17. The zero-order chi connectivity index (χ0) is 10.2. The van der Waals surface area contributed by atoms with Crippen LogP contribution in [-0.2, 0) is 0 Å². The fourth-order valence-electron chi connectivity index (χ4n) is 2.25. The third-order valence-electron chi connectivity index (χ3n) is 3.27. The Morgan fingerprint density at radius 2 is 2.00 bits per heavy atom. The summed E-state index contributed by atoms with van der Waals surface area (Å²) >= 11 is 0. The van der Waals surface area contributed by atoms with E-state index in [9.17, 15) is 0 Å². The molecule has 0 heterocycles. The molecule has 0 aromatic heterocycles. The minimum Gasteiger partial charge on any atom is -0.396 e. The van der Waals surface area contributed by atoms with Gasteiger partial charge in [0, 0.05) is 6.61 Å². The van der Waals surface area contributed by atoms with Crippen molar-refractivity contribution in [1.29, 1.82) is 0 Å². The lowest BCUT2D eigenvalue weighted by Gasteiger charge is -2.22. The lowest BCUT2D eigenvalue weighted by Crippen LogP contribution is -2.28. The van der Waals surface area contributed by atoms with Gasteiger partial charge in [0.05, 0.1) is 0 Å². The minimum absolute atomic E-state index is 0.326. The Morgan fingerprint density at radius 1 is 1.29 bits per heavy atom. The number of nitrogens with one attached hydrogen (secondary N) is 1. The van der Waals surface area contributed by atoms with Crippen LogP contribution in [0.15, 0.2) is 0 Å². The van der Waals surface area contributed by atoms with Crippen molar-refractivity contribution in [2.75, 3.05) is 19.7 Å². The van der Waals surface area contributed by atoms with Crippen molar-refractivity contribution in [2.45, 2.75) is 45.4 Å². The third-order valence-corrected chi connectivity index (χ3v) is 3.27. The van der Waals surface area contributed by atoms with Crippen LogP contribution in [0.5, 0.6) is 0 Å². The first-order valence-corrected chi connectivity index (χ1v) is 6.14. The highest BCUT2D eigenvalue weighted by Crippen LogP contribution is 2.22. The van der Waals surface area contributed by atoms with Gasteiger partial charge >= 0.3 is 0 Å². The smallest absolute Gasteiger partial charge is 0.0434 e. The molecule has 14 heavy (non-hydrogen) atoms. The minimum atomic E-state index is 0.326. The first kappa shape index (κ1) is 12.0. The Labute approximate surface area is 88.1 Å². The van der Waals surface area contributed by atoms with Gasteiger partial charge in [-0.25, -0.2) is 0 Å². The van der Waals surface area contributed by atoms with Crippen LogP contribution in [0.2, 0.25) is 0 Å². The van der Waals surface area contributed by atoms with Crippen LogP contribution >= 0.6 is 0 Å². The van der Waals surface area contributed by atoms with Crippen molar-refractivity contribution in [3.63, 3.8) is 0 Å². The number of hydrogen-bond acceptors (Lipinski definition) is 2. The maximum atomic E-state index is 8.76. The van der Waals surface area contributed by atoms with E-state index in [0.29, 0.717) is 12.5 Å². The standard InChI is InChI=1S/C12H25NO/c1-11(7-8-14)9-13-10-12-5-3-2-4-6-12/h11-14H,2-10H2,1H3. The molecular formula is C12H25NO. The summed E-state index contributed by atoms with van der Waals surface area (Å²) in [4.78, 5) is 0. The average molecular weight is 199 g/mol. The van der Waals surface area contributed by atoms with Crippen LogP contribution in [0, 0.1) is 11.8 Å². The molecule has 1 aliphatic carbocycles. The van der Waals surface area contributed by atoms with Gasteiger partial charge < -0.3 is 10.4 Å². The van der Waals surface area contributed by atoms with Gasteiger partial charge in [0.2, 0.25) is 0 Å². The Morgan fingerprint density at radius 3 is 2.64 bits per heavy atom. The SMILES string of the molecule is CC(CCO)CNCC1CCCCC1. The molecule has 84 valence electrons. The fourth-order valence-corrected chi connectivity index (χ4v) is 2.25. The molecule has 2 N–H and O–H groups in total. The van der Waals surface area contributed by atoms with Crippen molar-refractivity contribution >= 4 is 0 Å². The summed E-state index contributed by atoms with van der Waals surface area (Å²) in [5, 5.41) is 12.3. The molecule has 2 nitrogen and oxygen atoms in total. The largest absolute Gasteiger partial charge is 0.396 e. The van der Waals surface area contributed by atoms with Gasteiger partial charge in [-0.1, -0.05) is 26.2 Å². The lowest BCUT2D eigenvalue weighted by molar-refractivity contribution is 0.256. The highest BCUT2D eigenvalue weighted by atomic mass is 16.3. The van der Waals surface area contributed by atoms with Gasteiger partial charge in [-0.05, 0) is 44.2 Å². The van der Waals surface area contributed by atoms with E-state index < -0.39 is 0 Å². The average Bonchev–Trinajstić information content (AvgIpc) is 2.20. The van der Waals surface area contributed by atoms with Crippen molar-refractivity contribution in [2.24, 2.45) is 11.8 Å². The van der Waals surface area contributed by atoms with E-state index >= 15 is 0 Å². The monoisotopic (exact) mass is 199 g/mol. The number of aliphatic hydroxyl groups excluding tert-OH is 1. The number of aliphatic hydroxyl groups is 1. The molecule has 1 fully saturated rings. The molecule has 0 saturated heterocycles. The highest BCUT2D eigenvalue weighted by molar-refractivity contribution is 4.68. The van der Waals surface area contributed by atoms with E-state index in [2.05, 4.69) is 12.2 Å². The third kappa shape index (κ3) is 4.97. The molecule has 0 bridgehead atoms. The normalized spacial score (nSPS) is 21.0. The maximum Gasteiger partial charge on any atom is 0.0434 e. The van der Waals surface area contributed by atoms with E-state index in [0.717, 1.165) is 18.9 Å². The highest BCUT2D eigenvalue weighted by Gasteiger charge is 2.12. The van der Waals surface area contributed by atoms with E-state index in [1.807, 2.05) is 0 Å². The van der Waals surface area contributed by atoms with E-state index in [1.54, 1.807) is 0 Å². The molecular weight excluding hydrogens is 174 g/mol. The molecule has 1 aliphatic rings. The Balaban J connectivity index is 1.96. The van der Waals surface area contributed by atoms with Crippen LogP contribution in [0.1, 0.15) is 45.4 Å². The van der Waals surface area contributed by atoms with Gasteiger partial charge in [0.15, 0.2) is 0 Å². The summed E-state index contributed by atoms with van der Waals surface area (Å²) in [5.41, 5.74) is 0. The zero-order valence-electron chi connectivity index (χ0n) is 9.47. The van der Waals surface area contributed by atoms with Crippen LogP contribution in [0.25, 0.3) is 0 Å². The Kier molecular flexibility index (Phi) is 6.20. The van der Waals surface area contributed by atoms with Crippen molar-refractivity contribution < 1.29 is 5.11 Å². The van der Waals surface area contributed by atoms with Crippen molar-refractivity contribution in [1.82, 2.24) is 5.32 Å². The summed E-state index contributed by atoms with van der Waals surface area (Å²) in [6.45, 7) is 4.78. The quantitative estimate of drug-likeness (QED) is 0.687. The summed E-state index contributed by atoms with van der Waals surface area (Å²) in [5.74, 6) is 1.54. The second-order valence-corrected chi connectivity index (χ2v) is 4.78. The molecule has 0 radical (unpaired) electrons. The Bertz CT molecular complexity index is 132. The first-order valence-electron chi connectivity index (χ1n) is 6.14. The van der Waals surface area contributed by atoms with Crippen LogP contribution in [0.3, 0.4) is 0 Å². The molecule has 2 heteroatoms. The van der Waals surface area contributed by atoms with Gasteiger partial charge in [-0.3, -0.25) is 0 Å². The second kappa shape index (κ2) is 7.24. The summed E-state index contributed by atoms with van der Waals surface area (Å²) in [7, 11) is 0. The zero-order valence-corrected chi connectivity index (χ0v) is 9.47. The molecule has 1 atom stereocenters. The molecule has 0 aliphatic heterocycles. The number of rotatable bonds is 6. The van der Waals surface area contributed by atoms with Crippen molar-refractivity contribution in [3.05, 3.63) is 0 Å². The summed E-state index contributed by atoms with van der Waals surface area (Å²) < 4.78 is 0. The van der Waals surface area contributed by atoms with Gasteiger partial charge in [0.25, 0.3) is 0 Å². The van der Waals surface area contributed by atoms with E-state index in [-0.39, 0.29) is 0 Å². The molecule has 0 aromatic rings. The predicted molar refractivity (Wildman–Crippen MR) is 60.3 cm³/mol. The molecule has 1 unspecified atom stereocenters. The molecule has 0 spiro atoms. The van der Waals surface area contributed by atoms with Gasteiger partial charge in [-0.2, -0.15) is 0 Å². The van der Waals surface area contributed by atoms with Gasteiger partial charge in [-0.15, -0.1) is 0 Å². The number of hydrogen-bond donors (Lipinski definition) is 2. The maximum absolute atomic E-state index is 8.76. The van der Waals surface area contributed by atoms with Crippen LogP contribution in [0.4, 0.5) is 0 Å². The Hall–Kier alpha value is -0.0800. The van der Waals surface area contributed by atoms with Crippen LogP contribution in [-0.4, -0.2) is 24.8 Å². The first-order chi connectivity index (χ1) is 6.83. The van der Waals surface area contributed by atoms with E-state index in [1.165, 1.54) is 38.6 Å². The molecule has 0 amide bonds. The molecule has 1 rings (SSSR count). The fraction of sp³-hybridized carbons (Fsp3) is 1.00.